The second-order valence-corrected chi connectivity index (χ2v) is 6.19. The molecule has 8 nitrogen and oxygen atoms in total. The van der Waals surface area contributed by atoms with E-state index in [1.165, 1.54) is 0 Å². The number of benzene rings is 1. The molecule has 0 fully saturated rings. The summed E-state index contributed by atoms with van der Waals surface area (Å²) in [5.41, 5.74) is 7.84. The Morgan fingerprint density at radius 1 is 1.31 bits per heavy atom. The van der Waals surface area contributed by atoms with Crippen LogP contribution in [0.25, 0.3) is 0 Å². The molecule has 0 saturated heterocycles. The number of allylic oxidation sites excluding steroid dienone is 2. The first kappa shape index (κ1) is 20.2. The van der Waals surface area contributed by atoms with Gasteiger partial charge >= 0.3 is 0 Å². The number of nitrogens with two attached hydrogens (primary N) is 1. The number of ether oxygens (including phenoxy) is 3. The molecule has 0 unspecified atom stereocenters. The van der Waals surface area contributed by atoms with Crippen molar-refractivity contribution in [1.29, 1.82) is 0 Å². The summed E-state index contributed by atoms with van der Waals surface area (Å²) in [6.45, 7) is 2.84. The summed E-state index contributed by atoms with van der Waals surface area (Å²) in [6, 6.07) is 9.47. The Bertz CT molecular complexity index is 918. The van der Waals surface area contributed by atoms with Gasteiger partial charge in [-0.15, -0.1) is 5.10 Å². The number of hydrogen-bond acceptors (Lipinski definition) is 7. The van der Waals surface area contributed by atoms with Crippen LogP contribution in [0, 0.1) is 0 Å². The molecule has 29 heavy (non-hydrogen) atoms. The van der Waals surface area contributed by atoms with Gasteiger partial charge in [0.1, 0.15) is 5.82 Å². The van der Waals surface area contributed by atoms with Crippen molar-refractivity contribution in [2.75, 3.05) is 19.2 Å². The van der Waals surface area contributed by atoms with Gasteiger partial charge in [-0.2, -0.15) is 5.10 Å². The minimum Gasteiger partial charge on any atom is -0.501 e. The van der Waals surface area contributed by atoms with Crippen molar-refractivity contribution >= 4 is 17.9 Å². The van der Waals surface area contributed by atoms with Gasteiger partial charge in [-0.05, 0) is 35.9 Å². The molecule has 0 bridgehead atoms. The van der Waals surface area contributed by atoms with Crippen molar-refractivity contribution in [2.24, 2.45) is 15.9 Å². The summed E-state index contributed by atoms with van der Waals surface area (Å²) < 4.78 is 16.0. The normalized spacial score (nSPS) is 13.7. The third-order valence-electron chi connectivity index (χ3n) is 4.29. The highest BCUT2D eigenvalue weighted by atomic mass is 16.7. The molecule has 2 heterocycles. The van der Waals surface area contributed by atoms with Crippen LogP contribution in [0.5, 0.6) is 11.5 Å². The van der Waals surface area contributed by atoms with E-state index in [4.69, 9.17) is 19.9 Å². The zero-order chi connectivity index (χ0) is 20.5. The maximum atomic E-state index is 6.11. The summed E-state index contributed by atoms with van der Waals surface area (Å²) in [5.74, 6) is 3.33. The largest absolute Gasteiger partial charge is 0.501 e. The standard InChI is InChI=1S/C21H25N5O3/c1-3-16(27-2)6-4-11-25-26-20(22)17-7-5-10-23-21(17)24-13-15-8-9-18-19(12-15)29-14-28-18/h5-12H,3-4,13-14H2,1-2H3,(H2,22,26)(H,23,24)/b16-6+,25-11+. The molecule has 3 rings (SSSR count). The van der Waals surface area contributed by atoms with Crippen molar-refractivity contribution in [3.63, 3.8) is 0 Å². The Hall–Kier alpha value is -3.55. The smallest absolute Gasteiger partial charge is 0.231 e. The highest BCUT2D eigenvalue weighted by molar-refractivity contribution is 6.01. The van der Waals surface area contributed by atoms with Crippen molar-refractivity contribution in [3.05, 3.63) is 59.5 Å². The second-order valence-electron chi connectivity index (χ2n) is 6.19. The van der Waals surface area contributed by atoms with E-state index in [1.54, 1.807) is 19.5 Å². The van der Waals surface area contributed by atoms with Gasteiger partial charge in [0, 0.05) is 31.8 Å². The van der Waals surface area contributed by atoms with Crippen LogP contribution in [0.3, 0.4) is 0 Å². The third-order valence-corrected chi connectivity index (χ3v) is 4.29. The fourth-order valence-electron chi connectivity index (χ4n) is 2.75. The zero-order valence-corrected chi connectivity index (χ0v) is 16.6. The van der Waals surface area contributed by atoms with Crippen LogP contribution in [0.1, 0.15) is 30.9 Å². The molecular formula is C21H25N5O3. The quantitative estimate of drug-likeness (QED) is 0.292. The summed E-state index contributed by atoms with van der Waals surface area (Å²) in [5, 5.41) is 11.4. The lowest BCUT2D eigenvalue weighted by Gasteiger charge is -2.10. The fraction of sp³-hybridized carbons (Fsp3) is 0.286. The molecule has 0 atom stereocenters. The predicted molar refractivity (Wildman–Crippen MR) is 113 cm³/mol. The van der Waals surface area contributed by atoms with Crippen LogP contribution < -0.4 is 20.5 Å². The lowest BCUT2D eigenvalue weighted by atomic mass is 10.2. The van der Waals surface area contributed by atoms with Crippen LogP contribution >= 0.6 is 0 Å². The number of aromatic nitrogens is 1. The highest BCUT2D eigenvalue weighted by Gasteiger charge is 2.13. The number of nitrogens with zero attached hydrogens (tertiary/aromatic N) is 3. The zero-order valence-electron chi connectivity index (χ0n) is 16.6. The predicted octanol–water partition coefficient (Wildman–Crippen LogP) is 3.44. The molecule has 0 radical (unpaired) electrons. The van der Waals surface area contributed by atoms with E-state index in [0.29, 0.717) is 24.3 Å². The summed E-state index contributed by atoms with van der Waals surface area (Å²) in [7, 11) is 1.66. The minimum absolute atomic E-state index is 0.255. The maximum absolute atomic E-state index is 6.11. The molecule has 2 aromatic rings. The Kier molecular flexibility index (Phi) is 7.05. The molecule has 152 valence electrons. The number of rotatable bonds is 9. The van der Waals surface area contributed by atoms with Crippen LogP contribution in [-0.2, 0) is 11.3 Å². The minimum atomic E-state index is 0.255. The monoisotopic (exact) mass is 395 g/mol. The lowest BCUT2D eigenvalue weighted by Crippen LogP contribution is -2.16. The van der Waals surface area contributed by atoms with Gasteiger partial charge in [0.2, 0.25) is 6.79 Å². The van der Waals surface area contributed by atoms with Gasteiger partial charge in [0.15, 0.2) is 17.3 Å². The van der Waals surface area contributed by atoms with Crippen molar-refractivity contribution in [3.8, 4) is 11.5 Å². The van der Waals surface area contributed by atoms with Crippen LogP contribution in [0.4, 0.5) is 5.82 Å². The molecule has 1 aliphatic heterocycles. The molecule has 0 aliphatic carbocycles. The van der Waals surface area contributed by atoms with Crippen LogP contribution in [-0.4, -0.2) is 30.9 Å². The number of fused-ring (bicyclic) bond motifs is 1. The molecule has 8 heteroatoms. The molecule has 0 amide bonds. The number of methoxy groups -OCH3 is 1. The van der Waals surface area contributed by atoms with Gasteiger partial charge in [-0.25, -0.2) is 4.98 Å². The van der Waals surface area contributed by atoms with E-state index in [-0.39, 0.29) is 12.6 Å². The molecule has 3 N–H and O–H groups in total. The first-order valence-corrected chi connectivity index (χ1v) is 9.37. The number of pyridine rings is 1. The average molecular weight is 395 g/mol. The van der Waals surface area contributed by atoms with E-state index in [9.17, 15) is 0 Å². The maximum Gasteiger partial charge on any atom is 0.231 e. The molecule has 0 saturated carbocycles. The Balaban J connectivity index is 1.64. The van der Waals surface area contributed by atoms with Gasteiger partial charge < -0.3 is 25.3 Å². The fourth-order valence-corrected chi connectivity index (χ4v) is 2.75. The van der Waals surface area contributed by atoms with E-state index in [2.05, 4.69) is 20.5 Å². The molecule has 1 aromatic carbocycles. The van der Waals surface area contributed by atoms with Crippen molar-refractivity contribution in [1.82, 2.24) is 4.98 Å². The topological polar surface area (TPSA) is 103 Å². The van der Waals surface area contributed by atoms with Gasteiger partial charge in [0.05, 0.1) is 18.4 Å². The van der Waals surface area contributed by atoms with Gasteiger partial charge in [-0.3, -0.25) is 0 Å². The summed E-state index contributed by atoms with van der Waals surface area (Å²) >= 11 is 0. The highest BCUT2D eigenvalue weighted by Crippen LogP contribution is 2.32. The number of anilines is 1. The molecule has 1 aromatic heterocycles. The number of hydrogen-bond donors (Lipinski definition) is 2. The Labute approximate surface area is 170 Å². The van der Waals surface area contributed by atoms with Crippen LogP contribution in [0.15, 0.2) is 58.6 Å². The first-order chi connectivity index (χ1) is 14.2. The Morgan fingerprint density at radius 2 is 2.17 bits per heavy atom. The number of amidine groups is 1. The van der Waals surface area contributed by atoms with Gasteiger partial charge in [-0.1, -0.05) is 13.0 Å². The van der Waals surface area contributed by atoms with E-state index < -0.39 is 0 Å². The molecule has 0 spiro atoms. The van der Waals surface area contributed by atoms with Gasteiger partial charge in [0.25, 0.3) is 0 Å². The van der Waals surface area contributed by atoms with E-state index >= 15 is 0 Å². The van der Waals surface area contributed by atoms with Crippen LogP contribution in [0.2, 0.25) is 0 Å². The third kappa shape index (κ3) is 5.47. The van der Waals surface area contributed by atoms with Crippen molar-refractivity contribution < 1.29 is 14.2 Å². The SMILES string of the molecule is CC/C(=C\C/C=N/N=C(\N)c1cccnc1NCc1ccc2c(c1)OCO2)OC. The van der Waals surface area contributed by atoms with Crippen molar-refractivity contribution in [2.45, 2.75) is 26.3 Å². The van der Waals surface area contributed by atoms with E-state index in [1.807, 2.05) is 43.3 Å². The summed E-state index contributed by atoms with van der Waals surface area (Å²) in [6.07, 6.45) is 6.79. The average Bonchev–Trinajstić information content (AvgIpc) is 3.23. The second kappa shape index (κ2) is 10.1. The number of nitrogens with one attached hydrogen (secondary N) is 1. The molecule has 1 aliphatic rings. The Morgan fingerprint density at radius 3 is 3.00 bits per heavy atom. The lowest BCUT2D eigenvalue weighted by molar-refractivity contribution is 0.174. The summed E-state index contributed by atoms with van der Waals surface area (Å²) in [4.78, 5) is 4.37. The molecular weight excluding hydrogens is 370 g/mol. The van der Waals surface area contributed by atoms with E-state index in [0.717, 1.165) is 29.2 Å². The first-order valence-electron chi connectivity index (χ1n) is 9.37.